The maximum absolute atomic E-state index is 5.08. The minimum absolute atomic E-state index is 0.619. The van der Waals surface area contributed by atoms with Gasteiger partial charge in [0.2, 0.25) is 0 Å². The Morgan fingerprint density at radius 2 is 1.50 bits per heavy atom. The second kappa shape index (κ2) is 14.3. The lowest BCUT2D eigenvalue weighted by Gasteiger charge is -2.18. The molecule has 0 radical (unpaired) electrons. The fraction of sp³-hybridized carbons (Fsp3) is 0.0769. The third-order valence-corrected chi connectivity index (χ3v) is 11.3. The molecule has 0 fully saturated rings. The molecule has 0 amide bonds. The van der Waals surface area contributed by atoms with Crippen LogP contribution in [0.5, 0.6) is 0 Å². The van der Waals surface area contributed by atoms with E-state index in [-0.39, 0.29) is 0 Å². The zero-order valence-corrected chi connectivity index (χ0v) is 31.1. The predicted octanol–water partition coefficient (Wildman–Crippen LogP) is 12.6. The van der Waals surface area contributed by atoms with Crippen molar-refractivity contribution < 1.29 is 0 Å². The first-order valence-corrected chi connectivity index (χ1v) is 19.4. The second-order valence-electron chi connectivity index (χ2n) is 14.5. The normalized spacial score (nSPS) is 16.1. The number of benzene rings is 5. The summed E-state index contributed by atoms with van der Waals surface area (Å²) in [6, 6.07) is 38.3. The average molecular weight is 721 g/mol. The number of hydrogen-bond acceptors (Lipinski definition) is 2. The molecule has 2 heterocycles. The number of para-hydroxylation sites is 2. The molecule has 0 aliphatic heterocycles. The number of aromatic nitrogens is 2. The molecule has 0 N–H and O–H groups in total. The largest absolute Gasteiger partial charge is 0.311 e. The fourth-order valence-electron chi connectivity index (χ4n) is 8.84. The second-order valence-corrected chi connectivity index (χ2v) is 14.5. The number of rotatable bonds is 8. The summed E-state index contributed by atoms with van der Waals surface area (Å²) in [4.78, 5) is 8.81. The molecule has 10 rings (SSSR count). The van der Waals surface area contributed by atoms with Gasteiger partial charge in [0, 0.05) is 45.7 Å². The highest BCUT2D eigenvalue weighted by atomic mass is 15.1. The van der Waals surface area contributed by atoms with E-state index in [2.05, 4.69) is 167 Å². The van der Waals surface area contributed by atoms with E-state index in [4.69, 9.17) is 4.99 Å². The summed E-state index contributed by atoms with van der Waals surface area (Å²) in [5.74, 6) is 0. The first-order valence-electron chi connectivity index (χ1n) is 19.4. The minimum Gasteiger partial charge on any atom is -0.311 e. The van der Waals surface area contributed by atoms with Gasteiger partial charge in [-0.2, -0.15) is 0 Å². The van der Waals surface area contributed by atoms with Gasteiger partial charge in [0.25, 0.3) is 0 Å². The molecule has 0 saturated carbocycles. The van der Waals surface area contributed by atoms with Crippen molar-refractivity contribution in [2.24, 2.45) is 9.98 Å². The van der Waals surface area contributed by atoms with Crippen LogP contribution in [0.4, 0.5) is 0 Å². The van der Waals surface area contributed by atoms with Crippen LogP contribution in [0.25, 0.3) is 61.3 Å². The minimum atomic E-state index is 0.619. The third kappa shape index (κ3) is 5.70. The molecule has 0 bridgehead atoms. The van der Waals surface area contributed by atoms with E-state index in [0.29, 0.717) is 6.54 Å². The van der Waals surface area contributed by atoms with Crippen LogP contribution < -0.4 is 0 Å². The van der Waals surface area contributed by atoms with Crippen LogP contribution in [0, 0.1) is 0 Å². The maximum Gasteiger partial charge on any atom is 0.0788 e. The van der Waals surface area contributed by atoms with Crippen molar-refractivity contribution in [1.29, 1.82) is 0 Å². The molecule has 5 aromatic carbocycles. The molecule has 0 atom stereocenters. The molecule has 2 aromatic heterocycles. The molecular weight excluding hydrogens is 681 g/mol. The lowest BCUT2D eigenvalue weighted by atomic mass is 10.0. The van der Waals surface area contributed by atoms with Crippen LogP contribution >= 0.6 is 0 Å². The molecule has 3 aliphatic rings. The van der Waals surface area contributed by atoms with Crippen LogP contribution in [0.1, 0.15) is 34.4 Å². The van der Waals surface area contributed by atoms with E-state index in [1.807, 2.05) is 30.4 Å². The summed E-state index contributed by atoms with van der Waals surface area (Å²) < 4.78 is 5.11. The highest BCUT2D eigenvalue weighted by Gasteiger charge is 2.28. The van der Waals surface area contributed by atoms with Crippen molar-refractivity contribution in [2.75, 3.05) is 0 Å². The molecule has 56 heavy (non-hydrogen) atoms. The van der Waals surface area contributed by atoms with E-state index >= 15 is 0 Å². The topological polar surface area (TPSA) is 34.6 Å². The molecular formula is C52H40N4. The zero-order chi connectivity index (χ0) is 37.4. The molecule has 0 saturated heterocycles. The molecule has 0 spiro atoms. The number of allylic oxidation sites excluding steroid dienone is 12. The quantitative estimate of drug-likeness (QED) is 0.111. The smallest absolute Gasteiger partial charge is 0.0788 e. The van der Waals surface area contributed by atoms with E-state index in [0.717, 1.165) is 30.5 Å². The van der Waals surface area contributed by atoms with Gasteiger partial charge < -0.3 is 9.13 Å². The zero-order valence-electron chi connectivity index (χ0n) is 31.1. The molecule has 7 aromatic rings. The van der Waals surface area contributed by atoms with Crippen LogP contribution in [0.2, 0.25) is 0 Å². The summed E-state index contributed by atoms with van der Waals surface area (Å²) in [5.41, 5.74) is 17.7. The summed E-state index contributed by atoms with van der Waals surface area (Å²) in [6.07, 6.45) is 29.5. The Balaban J connectivity index is 1.06. The summed E-state index contributed by atoms with van der Waals surface area (Å²) >= 11 is 0. The average Bonchev–Trinajstić information content (AvgIpc) is 3.91. The van der Waals surface area contributed by atoms with Crippen molar-refractivity contribution in [3.8, 4) is 22.5 Å². The van der Waals surface area contributed by atoms with Gasteiger partial charge in [0.05, 0.1) is 34.5 Å². The maximum atomic E-state index is 5.08. The first kappa shape index (κ1) is 33.5. The molecule has 4 nitrogen and oxygen atoms in total. The van der Waals surface area contributed by atoms with Gasteiger partial charge in [-0.1, -0.05) is 140 Å². The van der Waals surface area contributed by atoms with E-state index in [9.17, 15) is 0 Å². The van der Waals surface area contributed by atoms with Crippen LogP contribution in [-0.2, 0) is 19.4 Å². The van der Waals surface area contributed by atoms with E-state index in [1.54, 1.807) is 6.20 Å². The van der Waals surface area contributed by atoms with Gasteiger partial charge in [-0.15, -0.1) is 0 Å². The van der Waals surface area contributed by atoms with Crippen molar-refractivity contribution in [3.63, 3.8) is 0 Å². The molecule has 3 aliphatic carbocycles. The SMILES string of the molecule is C=N\C=C/C=C\C=C\C=C1/C=CC=CC1=NCc1ccc2c(c1)Cc1c-2cccc1-n1c2c(c3ccc4c5ccccc5n(-c5ccccc5)c4c31)C=CCC2. The summed E-state index contributed by atoms with van der Waals surface area (Å²) in [7, 11) is 0. The molecule has 4 heteroatoms. The number of hydrogen-bond donors (Lipinski definition) is 0. The third-order valence-electron chi connectivity index (χ3n) is 11.3. The lowest BCUT2D eigenvalue weighted by Crippen LogP contribution is -2.06. The van der Waals surface area contributed by atoms with Crippen molar-refractivity contribution in [2.45, 2.75) is 25.8 Å². The number of aliphatic imine (C=N–C) groups is 2. The van der Waals surface area contributed by atoms with Gasteiger partial charge in [-0.05, 0) is 89.4 Å². The lowest BCUT2D eigenvalue weighted by molar-refractivity contribution is 0.883. The van der Waals surface area contributed by atoms with Gasteiger partial charge in [-0.3, -0.25) is 9.98 Å². The highest BCUT2D eigenvalue weighted by molar-refractivity contribution is 6.19. The van der Waals surface area contributed by atoms with Crippen molar-refractivity contribution in [3.05, 3.63) is 210 Å². The molecule has 0 unspecified atom stereocenters. The summed E-state index contributed by atoms with van der Waals surface area (Å²) in [5, 5.41) is 3.86. The van der Waals surface area contributed by atoms with Crippen LogP contribution in [-0.4, -0.2) is 21.6 Å². The number of fused-ring (bicyclic) bond motifs is 10. The Kier molecular flexibility index (Phi) is 8.57. The first-order chi connectivity index (χ1) is 27.8. The van der Waals surface area contributed by atoms with Gasteiger partial charge in [0.15, 0.2) is 0 Å². The van der Waals surface area contributed by atoms with E-state index < -0.39 is 0 Å². The fourth-order valence-corrected chi connectivity index (χ4v) is 8.84. The van der Waals surface area contributed by atoms with Crippen LogP contribution in [0.15, 0.2) is 192 Å². The Morgan fingerprint density at radius 3 is 2.43 bits per heavy atom. The van der Waals surface area contributed by atoms with Gasteiger partial charge in [-0.25, -0.2) is 0 Å². The monoisotopic (exact) mass is 720 g/mol. The Morgan fingerprint density at radius 1 is 0.679 bits per heavy atom. The van der Waals surface area contributed by atoms with E-state index in [1.165, 1.54) is 83.2 Å². The van der Waals surface area contributed by atoms with Gasteiger partial charge in [0.1, 0.15) is 0 Å². The summed E-state index contributed by atoms with van der Waals surface area (Å²) in [6.45, 7) is 4.08. The van der Waals surface area contributed by atoms with Gasteiger partial charge >= 0.3 is 0 Å². The Hall–Kier alpha value is -7.04. The Bertz CT molecular complexity index is 2970. The van der Waals surface area contributed by atoms with Crippen LogP contribution in [0.3, 0.4) is 0 Å². The predicted molar refractivity (Wildman–Crippen MR) is 238 cm³/mol. The highest BCUT2D eigenvalue weighted by Crippen LogP contribution is 2.46. The van der Waals surface area contributed by atoms with Crippen molar-refractivity contribution >= 4 is 51.2 Å². The number of nitrogens with zero attached hydrogens (tertiary/aromatic N) is 4. The molecule has 268 valence electrons. The van der Waals surface area contributed by atoms with Crippen molar-refractivity contribution in [1.82, 2.24) is 9.13 Å². The standard InChI is InChI=1S/C52H40N4/c1-53-32-15-4-2-3-6-17-37-18-9-12-24-47(37)54-35-36-28-29-40-38(33-36)34-46-41(40)23-16-27-50(46)56-49-26-14-11-22-43(49)45-31-30-44-42-21-10-13-25-48(42)55(51(44)52(45)56)39-19-7-5-8-20-39/h2-13,15-25,27-33H,1,14,26,34-35H2/b4-2-,6-3+,32-15-,37-17+,54-47?. The Labute approximate surface area is 327 Å².